The van der Waals surface area contributed by atoms with Crippen molar-refractivity contribution in [1.82, 2.24) is 19.7 Å². The van der Waals surface area contributed by atoms with Gasteiger partial charge in [-0.15, -0.1) is 0 Å². The Hall–Kier alpha value is -2.63. The number of carbonyl (C=O) groups is 2. The average molecular weight is 620 g/mol. The maximum absolute atomic E-state index is 15.1. The number of aliphatic hydroxyl groups excluding tert-OH is 1. The van der Waals surface area contributed by atoms with Crippen LogP contribution >= 0.6 is 7.67 Å². The third-order valence-electron chi connectivity index (χ3n) is 5.57. The van der Waals surface area contributed by atoms with Crippen molar-refractivity contribution >= 4 is 25.4 Å². The van der Waals surface area contributed by atoms with Crippen molar-refractivity contribution in [2.45, 2.75) is 96.1 Å². The summed E-state index contributed by atoms with van der Waals surface area (Å²) >= 11 is 0. The van der Waals surface area contributed by atoms with Crippen molar-refractivity contribution in [1.29, 1.82) is 0 Å². The Kier molecular flexibility index (Phi) is 11.1. The third kappa shape index (κ3) is 8.02. The van der Waals surface area contributed by atoms with E-state index in [1.807, 2.05) is 0 Å². The molecule has 41 heavy (non-hydrogen) atoms. The predicted octanol–water partition coefficient (Wildman–Crippen LogP) is 1.34. The molecule has 0 aliphatic carbocycles. The van der Waals surface area contributed by atoms with Crippen LogP contribution in [-0.2, 0) is 32.9 Å². The van der Waals surface area contributed by atoms with Crippen LogP contribution in [0.2, 0.25) is 0 Å². The average Bonchev–Trinajstić information content (AvgIpc) is 3.03. The lowest BCUT2D eigenvalue weighted by atomic mass is 9.96. The maximum atomic E-state index is 15.1. The Morgan fingerprint density at radius 3 is 2.02 bits per heavy atom. The number of aromatic nitrogens is 2. The Bertz CT molecular complexity index is 1170. The van der Waals surface area contributed by atoms with E-state index in [9.17, 15) is 32.8 Å². The quantitative estimate of drug-likeness (QED) is 0.141. The number of anilines is 1. The highest BCUT2D eigenvalue weighted by molar-refractivity contribution is 7.54. The molecule has 1 fully saturated rings. The smallest absolute Gasteiger partial charge is 0.351 e. The molecule has 14 nitrogen and oxygen atoms in total. The van der Waals surface area contributed by atoms with Crippen LogP contribution < -0.4 is 21.6 Å². The molecule has 1 aromatic rings. The number of aliphatic hydroxyl groups is 1. The number of nitrogens with two attached hydrogens (primary N) is 1. The van der Waals surface area contributed by atoms with Crippen molar-refractivity contribution in [2.75, 3.05) is 12.3 Å². The number of hydrogen-bond donors (Lipinski definition) is 4. The van der Waals surface area contributed by atoms with Gasteiger partial charge in [0.2, 0.25) is 6.23 Å². The summed E-state index contributed by atoms with van der Waals surface area (Å²) < 4.78 is 92.9. The first-order valence-corrected chi connectivity index (χ1v) is 14.0. The van der Waals surface area contributed by atoms with E-state index >= 15 is 8.78 Å². The Labute approximate surface area is 232 Å². The van der Waals surface area contributed by atoms with Crippen LogP contribution in [0.5, 0.6) is 0 Å². The summed E-state index contributed by atoms with van der Waals surface area (Å²) in [5.74, 6) is -6.78. The number of rotatable bonds is 13. The number of nitrogen functional groups attached to an aromatic ring is 1. The molecule has 0 amide bonds. The molecule has 1 saturated heterocycles. The Morgan fingerprint density at radius 1 is 1.12 bits per heavy atom. The van der Waals surface area contributed by atoms with Crippen molar-refractivity contribution in [3.05, 3.63) is 22.7 Å². The van der Waals surface area contributed by atoms with Gasteiger partial charge in [-0.3, -0.25) is 18.7 Å². The van der Waals surface area contributed by atoms with Crippen LogP contribution in [0.4, 0.5) is 23.4 Å². The number of esters is 2. The molecule has 0 spiro atoms. The number of ether oxygens (including phenoxy) is 3. The molecule has 2 heterocycles. The van der Waals surface area contributed by atoms with Gasteiger partial charge < -0.3 is 29.6 Å². The molecule has 234 valence electrons. The molecule has 1 aromatic heterocycles. The molecule has 0 saturated carbocycles. The summed E-state index contributed by atoms with van der Waals surface area (Å²) in [4.78, 5) is 40.0. The number of halogens is 4. The van der Waals surface area contributed by atoms with Gasteiger partial charge in [-0.2, -0.15) is 13.8 Å². The monoisotopic (exact) mass is 619 g/mol. The second-order valence-electron chi connectivity index (χ2n) is 9.84. The number of nitrogens with one attached hydrogen (secondary N) is 2. The van der Waals surface area contributed by atoms with Crippen molar-refractivity contribution in [2.24, 2.45) is 0 Å². The van der Waals surface area contributed by atoms with Gasteiger partial charge in [0.15, 0.2) is 11.7 Å². The van der Waals surface area contributed by atoms with Gasteiger partial charge in [0.05, 0.1) is 18.8 Å². The largest absolute Gasteiger partial charge is 0.462 e. The Balaban J connectivity index is 2.44. The van der Waals surface area contributed by atoms with Gasteiger partial charge in [0, 0.05) is 6.20 Å². The topological polar surface area (TPSA) is 193 Å². The minimum atomic E-state index is -4.81. The van der Waals surface area contributed by atoms with Crippen molar-refractivity contribution in [3.8, 4) is 0 Å². The zero-order valence-corrected chi connectivity index (χ0v) is 23.9. The molecular formula is C22H34F4N5O9P. The predicted molar refractivity (Wildman–Crippen MR) is 134 cm³/mol. The van der Waals surface area contributed by atoms with Gasteiger partial charge in [-0.05, 0) is 47.6 Å². The van der Waals surface area contributed by atoms with E-state index in [-0.39, 0.29) is 10.4 Å². The lowest BCUT2D eigenvalue weighted by Crippen LogP contribution is -2.55. The molecular weight excluding hydrogens is 585 g/mol. The normalized spacial score (nSPS) is 24.0. The highest BCUT2D eigenvalue weighted by Gasteiger charge is 2.71. The lowest BCUT2D eigenvalue weighted by Gasteiger charge is -2.33. The second-order valence-corrected chi connectivity index (χ2v) is 11.7. The molecule has 2 rings (SSSR count). The SMILES string of the molecule is CC(C)OC(=O)[C@H](C)NP(=O)(N[C@@H](C)C(=O)OC(C)C)OC[C@@]1(C(F)F)O[C@@H](n2ccc(N)nc2=O)C(F)(F)[C@@H]1O. The summed E-state index contributed by atoms with van der Waals surface area (Å²) in [6.07, 6.45) is -10.5. The summed E-state index contributed by atoms with van der Waals surface area (Å²) in [6, 6.07) is -1.95. The first-order chi connectivity index (χ1) is 18.8. The lowest BCUT2D eigenvalue weighted by molar-refractivity contribution is -0.192. The number of nitrogens with zero attached hydrogens (tertiary/aromatic N) is 2. The van der Waals surface area contributed by atoms with E-state index < -0.39 is 86.5 Å². The van der Waals surface area contributed by atoms with Crippen LogP contribution in [-0.4, -0.2) is 81.5 Å². The summed E-state index contributed by atoms with van der Waals surface area (Å²) in [5, 5.41) is 14.8. The van der Waals surface area contributed by atoms with E-state index in [0.717, 1.165) is 6.07 Å². The molecule has 1 aliphatic heterocycles. The summed E-state index contributed by atoms with van der Waals surface area (Å²) in [6.45, 7) is 6.75. The van der Waals surface area contributed by atoms with E-state index in [4.69, 9.17) is 24.5 Å². The maximum Gasteiger partial charge on any atom is 0.351 e. The molecule has 1 aliphatic rings. The van der Waals surface area contributed by atoms with E-state index in [0.29, 0.717) is 6.20 Å². The molecule has 0 bridgehead atoms. The van der Waals surface area contributed by atoms with Gasteiger partial charge in [0.25, 0.3) is 6.43 Å². The van der Waals surface area contributed by atoms with Crippen LogP contribution in [0.15, 0.2) is 17.1 Å². The standard InChI is InChI=1S/C22H34F4N5O9P/c1-10(2)38-15(32)12(5)29-41(36,30-13(6)16(33)39-11(3)4)37-9-21(18(23)24)17(34)22(25,26)19(40-21)31-8-7-14(27)28-20(31)35/h7-8,10-13,17-19,34H,9H2,1-6H3,(H2,27,28,35)(H2,29,30,36)/t12-,13-,17+,19+,21+/m0/s1. The summed E-state index contributed by atoms with van der Waals surface area (Å²) in [7, 11) is -4.81. The molecule has 5 atom stereocenters. The van der Waals surface area contributed by atoms with Gasteiger partial charge in [0.1, 0.15) is 17.9 Å². The highest BCUT2D eigenvalue weighted by Crippen LogP contribution is 2.52. The summed E-state index contributed by atoms with van der Waals surface area (Å²) in [5.41, 5.74) is 0.390. The third-order valence-corrected chi connectivity index (χ3v) is 7.52. The van der Waals surface area contributed by atoms with Crippen LogP contribution in [0.1, 0.15) is 47.8 Å². The number of alkyl halides is 4. The number of carbonyl (C=O) groups excluding carboxylic acids is 2. The highest BCUT2D eigenvalue weighted by atomic mass is 31.2. The van der Waals surface area contributed by atoms with Gasteiger partial charge in [-0.25, -0.2) is 23.7 Å². The van der Waals surface area contributed by atoms with Crippen molar-refractivity contribution in [3.63, 3.8) is 0 Å². The van der Waals surface area contributed by atoms with Crippen molar-refractivity contribution < 1.29 is 55.6 Å². The van der Waals surface area contributed by atoms with E-state index in [1.165, 1.54) is 41.5 Å². The first kappa shape index (κ1) is 34.6. The van der Waals surface area contributed by atoms with Crippen LogP contribution in [0.25, 0.3) is 0 Å². The molecule has 19 heteroatoms. The fourth-order valence-corrected chi connectivity index (χ4v) is 5.43. The zero-order valence-electron chi connectivity index (χ0n) is 23.0. The first-order valence-electron chi connectivity index (χ1n) is 12.3. The minimum absolute atomic E-state index is 0.147. The van der Waals surface area contributed by atoms with Crippen LogP contribution in [0, 0.1) is 0 Å². The minimum Gasteiger partial charge on any atom is -0.462 e. The van der Waals surface area contributed by atoms with E-state index in [2.05, 4.69) is 15.2 Å². The second kappa shape index (κ2) is 13.1. The van der Waals surface area contributed by atoms with Gasteiger partial charge in [-0.1, -0.05) is 0 Å². The number of hydrogen-bond acceptors (Lipinski definition) is 11. The molecule has 0 unspecified atom stereocenters. The molecule has 0 aromatic carbocycles. The fraction of sp³-hybridized carbons (Fsp3) is 0.727. The van der Waals surface area contributed by atoms with Gasteiger partial charge >= 0.3 is 31.2 Å². The fourth-order valence-electron chi connectivity index (χ4n) is 3.59. The molecule has 0 radical (unpaired) electrons. The zero-order chi connectivity index (χ0) is 31.5. The van der Waals surface area contributed by atoms with E-state index in [1.54, 1.807) is 0 Å². The van der Waals surface area contributed by atoms with Crippen LogP contribution in [0.3, 0.4) is 0 Å². The Morgan fingerprint density at radius 2 is 1.61 bits per heavy atom. The molecule has 5 N–H and O–H groups in total.